The van der Waals surface area contributed by atoms with E-state index in [0.29, 0.717) is 36.0 Å². The number of nitrogens with zero attached hydrogens (tertiary/aromatic N) is 3. The van der Waals surface area contributed by atoms with E-state index < -0.39 is 6.10 Å². The van der Waals surface area contributed by atoms with Gasteiger partial charge in [-0.05, 0) is 17.2 Å². The van der Waals surface area contributed by atoms with Crippen molar-refractivity contribution in [1.29, 1.82) is 0 Å². The highest BCUT2D eigenvalue weighted by Gasteiger charge is 2.29. The molecule has 0 radical (unpaired) electrons. The monoisotopic (exact) mass is 365 g/mol. The van der Waals surface area contributed by atoms with Crippen molar-refractivity contribution in [3.8, 4) is 5.88 Å². The number of ether oxygens (including phenoxy) is 2. The number of rotatable bonds is 5. The third kappa shape index (κ3) is 4.43. The van der Waals surface area contributed by atoms with Gasteiger partial charge >= 0.3 is 0 Å². The summed E-state index contributed by atoms with van der Waals surface area (Å²) in [6.07, 6.45) is 1.71. The van der Waals surface area contributed by atoms with Gasteiger partial charge in [0.15, 0.2) is 5.82 Å². The molecule has 0 saturated carbocycles. The SMILES string of the molecule is COc1cnc(Cc2cc(C3CC(O)CC(CO)O3)ccc2Cl)nn1. The minimum Gasteiger partial charge on any atom is -0.479 e. The first-order valence-electron chi connectivity index (χ1n) is 8.04. The van der Waals surface area contributed by atoms with Crippen LogP contribution in [0.2, 0.25) is 5.02 Å². The summed E-state index contributed by atoms with van der Waals surface area (Å²) in [7, 11) is 1.50. The van der Waals surface area contributed by atoms with Gasteiger partial charge in [0, 0.05) is 24.3 Å². The first-order valence-corrected chi connectivity index (χ1v) is 8.42. The van der Waals surface area contributed by atoms with Gasteiger partial charge in [0.05, 0.1) is 38.2 Å². The fourth-order valence-corrected chi connectivity index (χ4v) is 3.07. The van der Waals surface area contributed by atoms with Crippen molar-refractivity contribution in [2.24, 2.45) is 0 Å². The number of halogens is 1. The Morgan fingerprint density at radius 3 is 2.84 bits per heavy atom. The zero-order chi connectivity index (χ0) is 17.8. The van der Waals surface area contributed by atoms with Crippen molar-refractivity contribution in [1.82, 2.24) is 15.2 Å². The highest BCUT2D eigenvalue weighted by atomic mass is 35.5. The van der Waals surface area contributed by atoms with Crippen LogP contribution in [0.4, 0.5) is 0 Å². The second kappa shape index (κ2) is 8.05. The van der Waals surface area contributed by atoms with Crippen molar-refractivity contribution in [2.75, 3.05) is 13.7 Å². The Morgan fingerprint density at radius 1 is 1.32 bits per heavy atom. The van der Waals surface area contributed by atoms with Crippen LogP contribution in [0.25, 0.3) is 0 Å². The fraction of sp³-hybridized carbons (Fsp3) is 0.471. The number of hydrogen-bond donors (Lipinski definition) is 2. The number of benzene rings is 1. The molecular weight excluding hydrogens is 346 g/mol. The van der Waals surface area contributed by atoms with Crippen LogP contribution in [-0.4, -0.2) is 51.3 Å². The minimum absolute atomic E-state index is 0.112. The Hall–Kier alpha value is -1.80. The highest BCUT2D eigenvalue weighted by Crippen LogP contribution is 2.33. The Kier molecular flexibility index (Phi) is 5.80. The Labute approximate surface area is 150 Å². The molecule has 0 amide bonds. The molecule has 2 heterocycles. The molecule has 1 aliphatic rings. The topological polar surface area (TPSA) is 97.6 Å². The summed E-state index contributed by atoms with van der Waals surface area (Å²) in [4.78, 5) is 4.20. The van der Waals surface area contributed by atoms with Gasteiger partial charge in [0.25, 0.3) is 5.88 Å². The van der Waals surface area contributed by atoms with Gasteiger partial charge in [-0.3, -0.25) is 0 Å². The zero-order valence-electron chi connectivity index (χ0n) is 13.8. The third-order valence-corrected chi connectivity index (χ3v) is 4.54. The second-order valence-electron chi connectivity index (χ2n) is 6.00. The first kappa shape index (κ1) is 18.0. The Morgan fingerprint density at radius 2 is 2.16 bits per heavy atom. The number of aromatic nitrogens is 3. The molecule has 1 saturated heterocycles. The number of hydrogen-bond acceptors (Lipinski definition) is 7. The van der Waals surface area contributed by atoms with Crippen LogP contribution in [0.3, 0.4) is 0 Å². The summed E-state index contributed by atoms with van der Waals surface area (Å²) in [5.41, 5.74) is 1.74. The van der Waals surface area contributed by atoms with E-state index in [1.165, 1.54) is 13.3 Å². The quantitative estimate of drug-likeness (QED) is 0.832. The summed E-state index contributed by atoms with van der Waals surface area (Å²) in [5.74, 6) is 0.876. The largest absolute Gasteiger partial charge is 0.479 e. The molecule has 1 aromatic heterocycles. The lowest BCUT2D eigenvalue weighted by atomic mass is 9.94. The fourth-order valence-electron chi connectivity index (χ4n) is 2.89. The molecule has 3 unspecified atom stereocenters. The average Bonchev–Trinajstić information content (AvgIpc) is 2.63. The molecule has 25 heavy (non-hydrogen) atoms. The van der Waals surface area contributed by atoms with E-state index in [0.717, 1.165) is 11.1 Å². The predicted molar refractivity (Wildman–Crippen MR) is 90.6 cm³/mol. The van der Waals surface area contributed by atoms with Crippen LogP contribution in [0.1, 0.15) is 35.9 Å². The first-order chi connectivity index (χ1) is 12.1. The van der Waals surface area contributed by atoms with E-state index in [2.05, 4.69) is 15.2 Å². The Balaban J connectivity index is 1.79. The van der Waals surface area contributed by atoms with Crippen molar-refractivity contribution in [2.45, 2.75) is 37.6 Å². The lowest BCUT2D eigenvalue weighted by Gasteiger charge is -2.32. The molecule has 3 atom stereocenters. The molecule has 0 aliphatic carbocycles. The van der Waals surface area contributed by atoms with E-state index in [9.17, 15) is 10.2 Å². The average molecular weight is 366 g/mol. The molecule has 3 rings (SSSR count). The molecule has 134 valence electrons. The zero-order valence-corrected chi connectivity index (χ0v) is 14.6. The standard InChI is InChI=1S/C17H20ClN3O4/c1-24-17-8-19-16(20-21-17)5-11-4-10(2-3-14(11)18)15-7-12(23)6-13(9-22)25-15/h2-4,8,12-13,15,22-23H,5-7,9H2,1H3. The van der Waals surface area contributed by atoms with E-state index in [1.807, 2.05) is 12.1 Å². The van der Waals surface area contributed by atoms with Gasteiger partial charge in [-0.1, -0.05) is 23.7 Å². The lowest BCUT2D eigenvalue weighted by Crippen LogP contribution is -2.33. The third-order valence-electron chi connectivity index (χ3n) is 4.17. The van der Waals surface area contributed by atoms with Crippen LogP contribution in [0.15, 0.2) is 24.4 Å². The summed E-state index contributed by atoms with van der Waals surface area (Å²) >= 11 is 6.30. The van der Waals surface area contributed by atoms with Gasteiger partial charge in [0.2, 0.25) is 0 Å². The van der Waals surface area contributed by atoms with Crippen LogP contribution < -0.4 is 4.74 Å². The van der Waals surface area contributed by atoms with E-state index in [4.69, 9.17) is 21.1 Å². The molecule has 1 aliphatic heterocycles. The minimum atomic E-state index is -0.496. The summed E-state index contributed by atoms with van der Waals surface area (Å²) in [6.45, 7) is -0.112. The maximum atomic E-state index is 9.99. The molecule has 2 aromatic rings. The second-order valence-corrected chi connectivity index (χ2v) is 6.41. The molecule has 1 aromatic carbocycles. The maximum absolute atomic E-state index is 9.99. The smallest absolute Gasteiger partial charge is 0.251 e. The van der Waals surface area contributed by atoms with Crippen molar-refractivity contribution in [3.05, 3.63) is 46.4 Å². The predicted octanol–water partition coefficient (Wildman–Crippen LogP) is 1.70. The van der Waals surface area contributed by atoms with Gasteiger partial charge < -0.3 is 19.7 Å². The van der Waals surface area contributed by atoms with Crippen LogP contribution >= 0.6 is 11.6 Å². The maximum Gasteiger partial charge on any atom is 0.251 e. The molecular formula is C17H20ClN3O4. The van der Waals surface area contributed by atoms with Gasteiger partial charge in [-0.2, -0.15) is 0 Å². The van der Waals surface area contributed by atoms with Gasteiger partial charge in [-0.15, -0.1) is 10.2 Å². The van der Waals surface area contributed by atoms with Crippen LogP contribution in [0.5, 0.6) is 5.88 Å². The normalized spacial score (nSPS) is 23.4. The molecule has 2 N–H and O–H groups in total. The van der Waals surface area contributed by atoms with Crippen LogP contribution in [-0.2, 0) is 11.2 Å². The Bertz CT molecular complexity index is 714. The summed E-state index contributed by atoms with van der Waals surface area (Å²) in [6, 6.07) is 5.59. The number of aliphatic hydroxyl groups is 2. The lowest BCUT2D eigenvalue weighted by molar-refractivity contribution is -0.113. The van der Waals surface area contributed by atoms with Gasteiger partial charge in [-0.25, -0.2) is 4.98 Å². The van der Waals surface area contributed by atoms with Gasteiger partial charge in [0.1, 0.15) is 0 Å². The summed E-state index contributed by atoms with van der Waals surface area (Å²) < 4.78 is 10.8. The highest BCUT2D eigenvalue weighted by molar-refractivity contribution is 6.31. The van der Waals surface area contributed by atoms with Crippen LogP contribution in [0, 0.1) is 0 Å². The molecule has 0 spiro atoms. The van der Waals surface area contributed by atoms with E-state index in [-0.39, 0.29) is 18.8 Å². The molecule has 1 fully saturated rings. The number of aliphatic hydroxyl groups excluding tert-OH is 2. The molecule has 8 heteroatoms. The van der Waals surface area contributed by atoms with E-state index >= 15 is 0 Å². The number of methoxy groups -OCH3 is 1. The molecule has 7 nitrogen and oxygen atoms in total. The van der Waals surface area contributed by atoms with Crippen molar-refractivity contribution < 1.29 is 19.7 Å². The molecule has 0 bridgehead atoms. The van der Waals surface area contributed by atoms with Crippen molar-refractivity contribution in [3.63, 3.8) is 0 Å². The van der Waals surface area contributed by atoms with Crippen molar-refractivity contribution >= 4 is 11.6 Å². The van der Waals surface area contributed by atoms with E-state index in [1.54, 1.807) is 6.07 Å². The summed E-state index contributed by atoms with van der Waals surface area (Å²) in [5, 5.41) is 27.8.